The molecule has 5 nitrogen and oxygen atoms in total. The summed E-state index contributed by atoms with van der Waals surface area (Å²) in [5.74, 6) is -0.551. The maximum absolute atomic E-state index is 13.2. The number of aryl methyl sites for hydroxylation is 1. The summed E-state index contributed by atoms with van der Waals surface area (Å²) in [6.45, 7) is 1.93. The van der Waals surface area contributed by atoms with Crippen LogP contribution in [0.25, 0.3) is 16.9 Å². The van der Waals surface area contributed by atoms with Crippen LogP contribution < -0.4 is 4.74 Å². The summed E-state index contributed by atoms with van der Waals surface area (Å²) in [7, 11) is 1.55. The van der Waals surface area contributed by atoms with Gasteiger partial charge in [-0.15, -0.1) is 0 Å². The van der Waals surface area contributed by atoms with Gasteiger partial charge in [-0.1, -0.05) is 36.4 Å². The molecule has 0 bridgehead atoms. The lowest BCUT2D eigenvalue weighted by Gasteiger charge is -2.06. The Morgan fingerprint density at radius 3 is 2.29 bits per heavy atom. The maximum atomic E-state index is 13.2. The van der Waals surface area contributed by atoms with Gasteiger partial charge in [-0.2, -0.15) is 0 Å². The number of pyridine rings is 1. The highest BCUT2D eigenvalue weighted by Gasteiger charge is 2.27. The summed E-state index contributed by atoms with van der Waals surface area (Å²) in [6.07, 6.45) is 1.76. The van der Waals surface area contributed by atoms with E-state index in [0.29, 0.717) is 22.7 Å². The minimum atomic E-state index is -0.595. The number of imidazole rings is 1. The van der Waals surface area contributed by atoms with Crippen molar-refractivity contribution in [3.8, 4) is 17.0 Å². The molecule has 0 aliphatic rings. The number of ether oxygens (including phenoxy) is 1. The number of benzene rings is 2. The number of Topliss-reactive ketones (excluding diaryl/α,β-unsaturated/α-hetero) is 2. The van der Waals surface area contributed by atoms with Crippen molar-refractivity contribution < 1.29 is 14.3 Å². The van der Waals surface area contributed by atoms with Crippen molar-refractivity contribution in [3.63, 3.8) is 0 Å². The molecule has 5 heteroatoms. The lowest BCUT2D eigenvalue weighted by molar-refractivity contribution is 0.0814. The second-order valence-electron chi connectivity index (χ2n) is 6.45. The molecule has 0 radical (unpaired) electrons. The molecule has 0 aliphatic carbocycles. The molecule has 28 heavy (non-hydrogen) atoms. The highest BCUT2D eigenvalue weighted by molar-refractivity contribution is 6.49. The van der Waals surface area contributed by atoms with Crippen LogP contribution in [0.2, 0.25) is 0 Å². The fourth-order valence-electron chi connectivity index (χ4n) is 3.20. The molecule has 2 aromatic heterocycles. The molecule has 0 saturated heterocycles. The minimum absolute atomic E-state index is 0.269. The second-order valence-corrected chi connectivity index (χ2v) is 6.45. The molecule has 2 aromatic carbocycles. The van der Waals surface area contributed by atoms with E-state index in [-0.39, 0.29) is 5.69 Å². The SMILES string of the molecule is COc1ccc(C(=O)C(=O)c2c(-c3ccccc3)nc3c(C)cccn23)cc1. The third-order valence-electron chi connectivity index (χ3n) is 4.67. The third-order valence-corrected chi connectivity index (χ3v) is 4.67. The first kappa shape index (κ1) is 17.7. The lowest BCUT2D eigenvalue weighted by Crippen LogP contribution is -2.17. The molecule has 2 heterocycles. The van der Waals surface area contributed by atoms with Crippen LogP contribution in [0.1, 0.15) is 26.4 Å². The number of ketones is 2. The number of rotatable bonds is 5. The number of carbonyl (C=O) groups excluding carboxylic acids is 2. The van der Waals surface area contributed by atoms with Crippen molar-refractivity contribution in [3.05, 3.63) is 89.7 Å². The van der Waals surface area contributed by atoms with Crippen LogP contribution in [0.3, 0.4) is 0 Å². The Morgan fingerprint density at radius 2 is 1.61 bits per heavy atom. The summed E-state index contributed by atoms with van der Waals surface area (Å²) in [6, 6.07) is 19.7. The maximum Gasteiger partial charge on any atom is 0.252 e. The van der Waals surface area contributed by atoms with Gasteiger partial charge in [-0.3, -0.25) is 14.0 Å². The summed E-state index contributed by atoms with van der Waals surface area (Å²) >= 11 is 0. The lowest BCUT2D eigenvalue weighted by atomic mass is 10.0. The zero-order chi connectivity index (χ0) is 19.7. The summed E-state index contributed by atoms with van der Waals surface area (Å²) in [5, 5.41) is 0. The second kappa shape index (κ2) is 7.12. The van der Waals surface area contributed by atoms with Gasteiger partial charge in [0.2, 0.25) is 5.78 Å². The number of aromatic nitrogens is 2. The third kappa shape index (κ3) is 2.97. The molecule has 138 valence electrons. The van der Waals surface area contributed by atoms with E-state index in [1.165, 1.54) is 0 Å². The van der Waals surface area contributed by atoms with Crippen LogP contribution in [0.5, 0.6) is 5.75 Å². The number of carbonyl (C=O) groups is 2. The van der Waals surface area contributed by atoms with Crippen LogP contribution in [-0.4, -0.2) is 28.1 Å². The first-order chi connectivity index (χ1) is 13.6. The predicted molar refractivity (Wildman–Crippen MR) is 107 cm³/mol. The Balaban J connectivity index is 1.87. The van der Waals surface area contributed by atoms with Gasteiger partial charge in [0.25, 0.3) is 5.78 Å². The van der Waals surface area contributed by atoms with E-state index in [4.69, 9.17) is 4.74 Å². The van der Waals surface area contributed by atoms with Crippen LogP contribution in [0.4, 0.5) is 0 Å². The highest BCUT2D eigenvalue weighted by Crippen LogP contribution is 2.27. The summed E-state index contributed by atoms with van der Waals surface area (Å²) in [5.41, 5.74) is 3.46. The highest BCUT2D eigenvalue weighted by atomic mass is 16.5. The van der Waals surface area contributed by atoms with E-state index < -0.39 is 11.6 Å². The summed E-state index contributed by atoms with van der Waals surface area (Å²) in [4.78, 5) is 30.8. The number of hydrogen-bond acceptors (Lipinski definition) is 4. The largest absolute Gasteiger partial charge is 0.497 e. The Bertz CT molecular complexity index is 1180. The van der Waals surface area contributed by atoms with E-state index in [9.17, 15) is 9.59 Å². The molecule has 4 rings (SSSR count). The number of methoxy groups -OCH3 is 1. The normalized spacial score (nSPS) is 10.8. The number of fused-ring (bicyclic) bond motifs is 1. The molecule has 0 spiro atoms. The van der Waals surface area contributed by atoms with Gasteiger partial charge < -0.3 is 4.74 Å². The average Bonchev–Trinajstić information content (AvgIpc) is 3.14. The standard InChI is InChI=1S/C23H18N2O3/c1-15-7-6-14-25-20(19(24-23(15)25)16-8-4-3-5-9-16)22(27)21(26)17-10-12-18(28-2)13-11-17/h3-14H,1-2H3. The fraction of sp³-hybridized carbons (Fsp3) is 0.0870. The van der Waals surface area contributed by atoms with Crippen molar-refractivity contribution in [1.82, 2.24) is 9.38 Å². The first-order valence-electron chi connectivity index (χ1n) is 8.86. The van der Waals surface area contributed by atoms with Crippen LogP contribution in [0, 0.1) is 6.92 Å². The van der Waals surface area contributed by atoms with E-state index in [1.807, 2.05) is 49.4 Å². The zero-order valence-corrected chi connectivity index (χ0v) is 15.5. The molecule has 0 fully saturated rings. The van der Waals surface area contributed by atoms with E-state index >= 15 is 0 Å². The Kier molecular flexibility index (Phi) is 4.49. The van der Waals surface area contributed by atoms with Gasteiger partial charge in [0.15, 0.2) is 0 Å². The molecule has 0 unspecified atom stereocenters. The van der Waals surface area contributed by atoms with Gasteiger partial charge in [0.05, 0.1) is 7.11 Å². The minimum Gasteiger partial charge on any atom is -0.497 e. The predicted octanol–water partition coefficient (Wildman–Crippen LogP) is 4.38. The molecule has 0 aliphatic heterocycles. The van der Waals surface area contributed by atoms with Crippen molar-refractivity contribution in [2.45, 2.75) is 6.92 Å². The van der Waals surface area contributed by atoms with Crippen molar-refractivity contribution in [2.24, 2.45) is 0 Å². The van der Waals surface area contributed by atoms with Gasteiger partial charge in [0, 0.05) is 17.3 Å². The molecule has 0 saturated carbocycles. The van der Waals surface area contributed by atoms with E-state index in [2.05, 4.69) is 4.98 Å². The number of nitrogens with zero attached hydrogens (tertiary/aromatic N) is 2. The van der Waals surface area contributed by atoms with Crippen molar-refractivity contribution in [2.75, 3.05) is 7.11 Å². The van der Waals surface area contributed by atoms with Crippen LogP contribution in [-0.2, 0) is 0 Å². The van der Waals surface area contributed by atoms with Gasteiger partial charge in [-0.05, 0) is 42.8 Å². The van der Waals surface area contributed by atoms with E-state index in [0.717, 1.165) is 11.1 Å². The van der Waals surface area contributed by atoms with Gasteiger partial charge in [0.1, 0.15) is 22.8 Å². The fourth-order valence-corrected chi connectivity index (χ4v) is 3.20. The average molecular weight is 370 g/mol. The smallest absolute Gasteiger partial charge is 0.252 e. The van der Waals surface area contributed by atoms with Gasteiger partial charge in [-0.25, -0.2) is 4.98 Å². The first-order valence-corrected chi connectivity index (χ1v) is 8.86. The Morgan fingerprint density at radius 1 is 0.893 bits per heavy atom. The number of hydrogen-bond donors (Lipinski definition) is 0. The zero-order valence-electron chi connectivity index (χ0n) is 15.5. The van der Waals surface area contributed by atoms with Crippen LogP contribution in [0.15, 0.2) is 72.9 Å². The van der Waals surface area contributed by atoms with Gasteiger partial charge >= 0.3 is 0 Å². The molecular formula is C23H18N2O3. The summed E-state index contributed by atoms with van der Waals surface area (Å²) < 4.78 is 6.81. The molecule has 0 atom stereocenters. The molecule has 0 N–H and O–H groups in total. The molecule has 4 aromatic rings. The Labute approximate surface area is 162 Å². The monoisotopic (exact) mass is 370 g/mol. The topological polar surface area (TPSA) is 60.7 Å². The van der Waals surface area contributed by atoms with Crippen LogP contribution >= 0.6 is 0 Å². The van der Waals surface area contributed by atoms with E-state index in [1.54, 1.807) is 42.0 Å². The molecule has 0 amide bonds. The quantitative estimate of drug-likeness (QED) is 0.386. The molecular weight excluding hydrogens is 352 g/mol. The van der Waals surface area contributed by atoms with Crippen molar-refractivity contribution in [1.29, 1.82) is 0 Å². The Hall–Kier alpha value is -3.73. The van der Waals surface area contributed by atoms with Crippen molar-refractivity contribution >= 4 is 17.2 Å².